The first-order chi connectivity index (χ1) is 13.2. The Bertz CT molecular complexity index is 915. The smallest absolute Gasteiger partial charge is 0.192 e. The molecule has 1 fully saturated rings. The van der Waals surface area contributed by atoms with E-state index in [9.17, 15) is 4.79 Å². The molecule has 7 heteroatoms. The maximum atomic E-state index is 12.8. The molecule has 2 aromatic heterocycles. The number of thioether (sulfide) groups is 1. The van der Waals surface area contributed by atoms with Crippen molar-refractivity contribution in [2.24, 2.45) is 0 Å². The first kappa shape index (κ1) is 17.9. The summed E-state index contributed by atoms with van der Waals surface area (Å²) in [6.07, 6.45) is 3.95. The molecule has 1 aliphatic rings. The molecule has 3 aromatic rings. The van der Waals surface area contributed by atoms with E-state index in [-0.39, 0.29) is 11.0 Å². The van der Waals surface area contributed by atoms with Crippen LogP contribution >= 0.6 is 11.8 Å². The van der Waals surface area contributed by atoms with Crippen molar-refractivity contribution in [2.75, 3.05) is 7.11 Å². The Morgan fingerprint density at radius 2 is 2.07 bits per heavy atom. The molecule has 0 radical (unpaired) electrons. The zero-order chi connectivity index (χ0) is 18.8. The molecule has 1 aromatic carbocycles. The van der Waals surface area contributed by atoms with E-state index in [1.807, 2.05) is 19.1 Å². The van der Waals surface area contributed by atoms with Crippen LogP contribution in [-0.2, 0) is 6.54 Å². The number of hydrogen-bond acceptors (Lipinski definition) is 6. The number of Topliss-reactive ketones (excluding diaryl/α,β-unsaturated/α-hetero) is 1. The van der Waals surface area contributed by atoms with Crippen molar-refractivity contribution < 1.29 is 13.9 Å². The molecular formula is C20H21N3O3S. The van der Waals surface area contributed by atoms with Gasteiger partial charge in [-0.3, -0.25) is 9.36 Å². The molecule has 0 bridgehead atoms. The van der Waals surface area contributed by atoms with E-state index in [1.54, 1.807) is 37.6 Å². The van der Waals surface area contributed by atoms with E-state index in [2.05, 4.69) is 14.8 Å². The Morgan fingerprint density at radius 3 is 2.70 bits per heavy atom. The Morgan fingerprint density at radius 1 is 1.30 bits per heavy atom. The summed E-state index contributed by atoms with van der Waals surface area (Å²) in [5, 5.41) is 9.23. The summed E-state index contributed by atoms with van der Waals surface area (Å²) >= 11 is 1.44. The van der Waals surface area contributed by atoms with Gasteiger partial charge in [0.15, 0.2) is 10.9 Å². The maximum absolute atomic E-state index is 12.8. The number of carbonyl (C=O) groups excluding carboxylic acids is 1. The van der Waals surface area contributed by atoms with Crippen molar-refractivity contribution in [1.82, 2.24) is 14.8 Å². The highest BCUT2D eigenvalue weighted by Crippen LogP contribution is 2.40. The molecule has 1 aliphatic carbocycles. The van der Waals surface area contributed by atoms with Crippen molar-refractivity contribution in [3.8, 4) is 5.75 Å². The second-order valence-corrected chi connectivity index (χ2v) is 7.94. The molecule has 0 aliphatic heterocycles. The number of carbonyl (C=O) groups is 1. The first-order valence-corrected chi connectivity index (χ1v) is 9.84. The van der Waals surface area contributed by atoms with Gasteiger partial charge < -0.3 is 9.15 Å². The fourth-order valence-corrected chi connectivity index (χ4v) is 3.87. The fourth-order valence-electron chi connectivity index (χ4n) is 2.94. The zero-order valence-electron chi connectivity index (χ0n) is 15.3. The molecular weight excluding hydrogens is 362 g/mol. The second-order valence-electron chi connectivity index (χ2n) is 6.63. The summed E-state index contributed by atoms with van der Waals surface area (Å²) in [7, 11) is 1.61. The van der Waals surface area contributed by atoms with Gasteiger partial charge in [0.25, 0.3) is 0 Å². The molecule has 4 rings (SSSR count). The molecule has 1 unspecified atom stereocenters. The first-order valence-electron chi connectivity index (χ1n) is 8.96. The van der Waals surface area contributed by atoms with Gasteiger partial charge in [0, 0.05) is 11.5 Å². The molecule has 1 saturated carbocycles. The lowest BCUT2D eigenvalue weighted by atomic mass is 10.1. The minimum Gasteiger partial charge on any atom is -0.497 e. The average Bonchev–Trinajstić information content (AvgIpc) is 3.27. The van der Waals surface area contributed by atoms with Gasteiger partial charge >= 0.3 is 0 Å². The average molecular weight is 383 g/mol. The summed E-state index contributed by atoms with van der Waals surface area (Å²) < 4.78 is 12.7. The van der Waals surface area contributed by atoms with E-state index < -0.39 is 0 Å². The molecule has 0 amide bonds. The van der Waals surface area contributed by atoms with Crippen LogP contribution < -0.4 is 4.74 Å². The van der Waals surface area contributed by atoms with E-state index >= 15 is 0 Å². The van der Waals surface area contributed by atoms with Crippen LogP contribution in [0.3, 0.4) is 0 Å². The number of hydrogen-bond donors (Lipinski definition) is 0. The van der Waals surface area contributed by atoms with Crippen molar-refractivity contribution in [3.63, 3.8) is 0 Å². The summed E-state index contributed by atoms with van der Waals surface area (Å²) in [4.78, 5) is 12.8. The Kier molecular flexibility index (Phi) is 5.03. The van der Waals surface area contributed by atoms with Gasteiger partial charge in [0.2, 0.25) is 0 Å². The molecule has 6 nitrogen and oxygen atoms in total. The van der Waals surface area contributed by atoms with Gasteiger partial charge in [-0.25, -0.2) is 0 Å². The highest BCUT2D eigenvalue weighted by Gasteiger charge is 2.31. The van der Waals surface area contributed by atoms with Gasteiger partial charge in [-0.1, -0.05) is 11.8 Å². The van der Waals surface area contributed by atoms with E-state index in [0.717, 1.165) is 35.3 Å². The highest BCUT2D eigenvalue weighted by atomic mass is 32.2. The maximum Gasteiger partial charge on any atom is 0.192 e. The van der Waals surface area contributed by atoms with Crippen LogP contribution in [-0.4, -0.2) is 32.9 Å². The monoisotopic (exact) mass is 383 g/mol. The van der Waals surface area contributed by atoms with Gasteiger partial charge in [-0.2, -0.15) is 0 Å². The summed E-state index contributed by atoms with van der Waals surface area (Å²) in [6, 6.07) is 11.0. The van der Waals surface area contributed by atoms with Crippen LogP contribution in [0.2, 0.25) is 0 Å². The summed E-state index contributed by atoms with van der Waals surface area (Å²) in [5.74, 6) is 3.10. The van der Waals surface area contributed by atoms with Gasteiger partial charge in [0.1, 0.15) is 17.3 Å². The number of furan rings is 1. The number of aromatic nitrogens is 3. The van der Waals surface area contributed by atoms with Crippen LogP contribution in [0, 0.1) is 0 Å². The predicted octanol–water partition coefficient (Wildman–Crippen LogP) is 4.17. The van der Waals surface area contributed by atoms with Crippen LogP contribution in [0.1, 0.15) is 47.6 Å². The highest BCUT2D eigenvalue weighted by molar-refractivity contribution is 8.00. The summed E-state index contributed by atoms with van der Waals surface area (Å²) in [5.41, 5.74) is 0.662. The van der Waals surface area contributed by atoms with Crippen LogP contribution in [0.5, 0.6) is 5.75 Å². The zero-order valence-corrected chi connectivity index (χ0v) is 16.1. The van der Waals surface area contributed by atoms with Gasteiger partial charge in [-0.15, -0.1) is 10.2 Å². The molecule has 2 heterocycles. The molecule has 140 valence electrons. The quantitative estimate of drug-likeness (QED) is 0.429. The van der Waals surface area contributed by atoms with Crippen molar-refractivity contribution in [1.29, 1.82) is 0 Å². The Balaban J connectivity index is 1.53. The Labute approximate surface area is 161 Å². The lowest BCUT2D eigenvalue weighted by Gasteiger charge is -2.12. The molecule has 0 spiro atoms. The third kappa shape index (κ3) is 3.93. The van der Waals surface area contributed by atoms with E-state index in [4.69, 9.17) is 9.15 Å². The normalized spacial score (nSPS) is 14.9. The lowest BCUT2D eigenvalue weighted by molar-refractivity contribution is 0.0994. The molecule has 1 atom stereocenters. The van der Waals surface area contributed by atoms with Crippen LogP contribution in [0.25, 0.3) is 0 Å². The number of rotatable bonds is 8. The van der Waals surface area contributed by atoms with E-state index in [0.29, 0.717) is 18.0 Å². The van der Waals surface area contributed by atoms with Crippen LogP contribution in [0.15, 0.2) is 52.2 Å². The minimum atomic E-state index is -0.273. The summed E-state index contributed by atoms with van der Waals surface area (Å²) in [6.45, 7) is 2.48. The third-order valence-corrected chi connectivity index (χ3v) is 5.69. The predicted molar refractivity (Wildman–Crippen MR) is 102 cm³/mol. The molecule has 0 saturated heterocycles. The third-order valence-electron chi connectivity index (χ3n) is 4.61. The molecule has 0 N–H and O–H groups in total. The number of benzene rings is 1. The van der Waals surface area contributed by atoms with Gasteiger partial charge in [-0.05, 0) is 56.2 Å². The molecule has 27 heavy (non-hydrogen) atoms. The number of ether oxygens (including phenoxy) is 1. The number of methoxy groups -OCH3 is 1. The largest absolute Gasteiger partial charge is 0.497 e. The topological polar surface area (TPSA) is 70.2 Å². The standard InChI is InChI=1S/C20H21N3O3S/c1-13(18(24)14-7-9-16(25-2)10-8-14)27-20-22-21-19(15-5-6-15)23(20)12-17-4-3-11-26-17/h3-4,7-11,13,15H,5-6,12H2,1-2H3. The SMILES string of the molecule is COc1ccc(C(=O)C(C)Sc2nnc(C3CC3)n2Cc2ccco2)cc1. The number of ketones is 1. The Hall–Kier alpha value is -2.54. The van der Waals surface area contributed by atoms with Gasteiger partial charge in [0.05, 0.1) is 25.2 Å². The lowest BCUT2D eigenvalue weighted by Crippen LogP contribution is -2.15. The van der Waals surface area contributed by atoms with Crippen molar-refractivity contribution in [3.05, 3.63) is 59.8 Å². The van der Waals surface area contributed by atoms with E-state index in [1.165, 1.54) is 11.8 Å². The fraction of sp³-hybridized carbons (Fsp3) is 0.350. The van der Waals surface area contributed by atoms with Crippen molar-refractivity contribution in [2.45, 2.75) is 42.6 Å². The van der Waals surface area contributed by atoms with Crippen molar-refractivity contribution >= 4 is 17.5 Å². The second kappa shape index (κ2) is 7.60. The van der Waals surface area contributed by atoms with Crippen LogP contribution in [0.4, 0.5) is 0 Å². The number of nitrogens with zero attached hydrogens (tertiary/aromatic N) is 3. The minimum absolute atomic E-state index is 0.0585.